The number of carbonyl (C=O) groups excluding carboxylic acids is 1. The van der Waals surface area contributed by atoms with Crippen molar-refractivity contribution in [3.8, 4) is 5.75 Å². The first-order valence-electron chi connectivity index (χ1n) is 7.50. The number of anilines is 1. The fourth-order valence-electron chi connectivity index (χ4n) is 2.28. The van der Waals surface area contributed by atoms with Gasteiger partial charge < -0.3 is 10.4 Å². The number of aryl methyl sites for hydroxylation is 1. The third-order valence-electron chi connectivity index (χ3n) is 3.43. The number of hydrogen-bond donors (Lipinski definition) is 2. The Morgan fingerprint density at radius 3 is 2.87 bits per heavy atom. The molecule has 0 aliphatic carbocycles. The molecule has 0 spiro atoms. The van der Waals surface area contributed by atoms with Gasteiger partial charge in [0.2, 0.25) is 5.91 Å². The number of fused-ring (bicyclic) bond motifs is 1. The minimum Gasteiger partial charge on any atom is -0.504 e. The highest BCUT2D eigenvalue weighted by atomic mass is 32.1. The van der Waals surface area contributed by atoms with Crippen LogP contribution in [0, 0.1) is 0 Å². The van der Waals surface area contributed by atoms with Gasteiger partial charge in [0, 0.05) is 12.6 Å². The van der Waals surface area contributed by atoms with Crippen LogP contribution in [0.1, 0.15) is 24.3 Å². The molecule has 0 aliphatic rings. The molecule has 0 unspecified atom stereocenters. The van der Waals surface area contributed by atoms with Crippen LogP contribution in [0.2, 0.25) is 0 Å². The van der Waals surface area contributed by atoms with E-state index >= 15 is 0 Å². The summed E-state index contributed by atoms with van der Waals surface area (Å²) in [4.78, 5) is 20.4. The highest BCUT2D eigenvalue weighted by Crippen LogP contribution is 2.23. The molecule has 3 aromatic rings. The monoisotopic (exact) mass is 327 g/mol. The maximum Gasteiger partial charge on any atom is 0.225 e. The van der Waals surface area contributed by atoms with Crippen LogP contribution in [-0.4, -0.2) is 21.0 Å². The van der Waals surface area contributed by atoms with E-state index in [0.717, 1.165) is 29.8 Å². The van der Waals surface area contributed by atoms with Crippen molar-refractivity contribution in [2.45, 2.75) is 25.7 Å². The van der Waals surface area contributed by atoms with Crippen LogP contribution in [0.3, 0.4) is 0 Å². The van der Waals surface area contributed by atoms with E-state index in [0.29, 0.717) is 6.42 Å². The molecule has 2 heterocycles. The van der Waals surface area contributed by atoms with Gasteiger partial charge in [-0.1, -0.05) is 12.1 Å². The highest BCUT2D eigenvalue weighted by molar-refractivity contribution is 7.18. The number of rotatable bonds is 6. The Labute approximate surface area is 138 Å². The largest absolute Gasteiger partial charge is 0.504 e. The number of amides is 1. The molecule has 0 saturated carbocycles. The Balaban J connectivity index is 1.44. The lowest BCUT2D eigenvalue weighted by Crippen LogP contribution is -2.12. The van der Waals surface area contributed by atoms with Gasteiger partial charge in [-0.3, -0.25) is 4.79 Å². The molecule has 1 amide bonds. The average Bonchev–Trinajstić information content (AvgIpc) is 2.96. The summed E-state index contributed by atoms with van der Waals surface area (Å²) >= 11 is 1.71. The topological polar surface area (TPSA) is 75.1 Å². The Bertz CT molecular complexity index is 783. The lowest BCUT2D eigenvalue weighted by molar-refractivity contribution is -0.116. The number of hydrogen-bond acceptors (Lipinski definition) is 5. The van der Waals surface area contributed by atoms with Crippen LogP contribution in [0.4, 0.5) is 5.82 Å². The van der Waals surface area contributed by atoms with Crippen molar-refractivity contribution < 1.29 is 9.90 Å². The minimum atomic E-state index is -0.136. The second-order valence-corrected chi connectivity index (χ2v) is 6.32. The maximum atomic E-state index is 11.8. The lowest BCUT2D eigenvalue weighted by atomic mass is 10.2. The van der Waals surface area contributed by atoms with Gasteiger partial charge in [0.05, 0.1) is 15.2 Å². The van der Waals surface area contributed by atoms with Gasteiger partial charge in [0.25, 0.3) is 0 Å². The molecule has 0 radical (unpaired) electrons. The number of thiazole rings is 1. The van der Waals surface area contributed by atoms with E-state index in [1.807, 2.05) is 18.2 Å². The molecule has 1 aromatic carbocycles. The van der Waals surface area contributed by atoms with E-state index in [9.17, 15) is 9.90 Å². The van der Waals surface area contributed by atoms with E-state index in [-0.39, 0.29) is 17.5 Å². The second-order valence-electron chi connectivity index (χ2n) is 5.20. The van der Waals surface area contributed by atoms with E-state index < -0.39 is 0 Å². The van der Waals surface area contributed by atoms with Crippen molar-refractivity contribution in [2.24, 2.45) is 0 Å². The van der Waals surface area contributed by atoms with Gasteiger partial charge >= 0.3 is 0 Å². The summed E-state index contributed by atoms with van der Waals surface area (Å²) in [5.41, 5.74) is 1.04. The van der Waals surface area contributed by atoms with Crippen molar-refractivity contribution in [1.82, 2.24) is 9.97 Å². The fraction of sp³-hybridized carbons (Fsp3) is 0.235. The van der Waals surface area contributed by atoms with Gasteiger partial charge in [-0.05, 0) is 43.5 Å². The third kappa shape index (κ3) is 4.04. The third-order valence-corrected chi connectivity index (χ3v) is 4.52. The molecule has 0 aliphatic heterocycles. The number of aromatic nitrogens is 2. The van der Waals surface area contributed by atoms with Crippen LogP contribution in [0.25, 0.3) is 10.2 Å². The van der Waals surface area contributed by atoms with Crippen LogP contribution in [0.5, 0.6) is 5.75 Å². The number of nitrogens with zero attached hydrogens (tertiary/aromatic N) is 2. The van der Waals surface area contributed by atoms with Crippen LogP contribution < -0.4 is 5.32 Å². The SMILES string of the molecule is O=C(CCCCc1nc2ccccc2s1)Nc1ncccc1O. The Morgan fingerprint density at radius 2 is 2.04 bits per heavy atom. The van der Waals surface area contributed by atoms with Crippen molar-refractivity contribution in [2.75, 3.05) is 5.32 Å². The van der Waals surface area contributed by atoms with Crippen molar-refractivity contribution in [3.05, 3.63) is 47.6 Å². The molecule has 0 fully saturated rings. The molecule has 118 valence electrons. The predicted octanol–water partition coefficient (Wildman–Crippen LogP) is 3.75. The summed E-state index contributed by atoms with van der Waals surface area (Å²) < 4.78 is 1.20. The van der Waals surface area contributed by atoms with Gasteiger partial charge in [-0.2, -0.15) is 0 Å². The highest BCUT2D eigenvalue weighted by Gasteiger charge is 2.08. The first kappa shape index (κ1) is 15.4. The van der Waals surface area contributed by atoms with Gasteiger partial charge in [0.15, 0.2) is 11.6 Å². The summed E-state index contributed by atoms with van der Waals surface area (Å²) in [6.07, 6.45) is 4.49. The zero-order chi connectivity index (χ0) is 16.1. The van der Waals surface area contributed by atoms with Crippen LogP contribution >= 0.6 is 11.3 Å². The molecular formula is C17H17N3O2S. The van der Waals surface area contributed by atoms with Crippen molar-refractivity contribution in [1.29, 1.82) is 0 Å². The smallest absolute Gasteiger partial charge is 0.225 e. The molecule has 3 rings (SSSR count). The zero-order valence-electron chi connectivity index (χ0n) is 12.5. The van der Waals surface area contributed by atoms with Crippen molar-refractivity contribution in [3.63, 3.8) is 0 Å². The van der Waals surface area contributed by atoms with Gasteiger partial charge in [0.1, 0.15) is 0 Å². The molecule has 2 N–H and O–H groups in total. The van der Waals surface area contributed by atoms with Crippen LogP contribution in [0.15, 0.2) is 42.6 Å². The minimum absolute atomic E-state index is 0.0182. The molecule has 0 saturated heterocycles. The fourth-order valence-corrected chi connectivity index (χ4v) is 3.29. The van der Waals surface area contributed by atoms with Gasteiger partial charge in [-0.15, -0.1) is 11.3 Å². The number of nitrogens with one attached hydrogen (secondary N) is 1. The van der Waals surface area contributed by atoms with Crippen molar-refractivity contribution >= 4 is 33.3 Å². The van der Waals surface area contributed by atoms with E-state index in [1.165, 1.54) is 17.0 Å². The maximum absolute atomic E-state index is 11.8. The molecular weight excluding hydrogens is 310 g/mol. The van der Waals surface area contributed by atoms with Gasteiger partial charge in [-0.25, -0.2) is 9.97 Å². The quantitative estimate of drug-likeness (QED) is 0.676. The summed E-state index contributed by atoms with van der Waals surface area (Å²) in [6.45, 7) is 0. The molecule has 5 nitrogen and oxygen atoms in total. The average molecular weight is 327 g/mol. The predicted molar refractivity (Wildman–Crippen MR) is 91.7 cm³/mol. The number of carbonyl (C=O) groups is 1. The lowest BCUT2D eigenvalue weighted by Gasteiger charge is -2.05. The summed E-state index contributed by atoms with van der Waals surface area (Å²) in [6, 6.07) is 11.2. The van der Waals surface area contributed by atoms with E-state index in [4.69, 9.17) is 0 Å². The molecule has 23 heavy (non-hydrogen) atoms. The Hall–Kier alpha value is -2.47. The molecule has 0 atom stereocenters. The standard InChI is InChI=1S/C17H17N3O2S/c21-13-7-5-11-18-17(13)20-15(22)9-3-4-10-16-19-12-6-1-2-8-14(12)23-16/h1-2,5-8,11,21H,3-4,9-10H2,(H,18,20,22). The molecule has 6 heteroatoms. The first-order valence-corrected chi connectivity index (χ1v) is 8.32. The van der Waals surface area contributed by atoms with Crippen LogP contribution in [-0.2, 0) is 11.2 Å². The molecule has 0 bridgehead atoms. The Kier molecular flexibility index (Phi) is 4.83. The first-order chi connectivity index (χ1) is 11.2. The number of aromatic hydroxyl groups is 1. The number of pyridine rings is 1. The number of benzene rings is 1. The molecule has 2 aromatic heterocycles. The number of unbranched alkanes of at least 4 members (excludes halogenated alkanes) is 1. The van der Waals surface area contributed by atoms with E-state index in [2.05, 4.69) is 21.4 Å². The summed E-state index contributed by atoms with van der Waals surface area (Å²) in [7, 11) is 0. The number of para-hydroxylation sites is 1. The van der Waals surface area contributed by atoms with E-state index in [1.54, 1.807) is 17.4 Å². The summed E-state index contributed by atoms with van der Waals surface area (Å²) in [5.74, 6) is 0.0577. The zero-order valence-corrected chi connectivity index (χ0v) is 13.3. The normalized spacial score (nSPS) is 10.8. The Morgan fingerprint density at radius 1 is 1.17 bits per heavy atom. The summed E-state index contributed by atoms with van der Waals surface area (Å²) in [5, 5.41) is 13.3. The second kappa shape index (κ2) is 7.19.